The van der Waals surface area contributed by atoms with Crippen molar-refractivity contribution in [3.05, 3.63) is 48.4 Å². The molecule has 1 unspecified atom stereocenters. The summed E-state index contributed by atoms with van der Waals surface area (Å²) in [6.45, 7) is 1.53. The van der Waals surface area contributed by atoms with Crippen LogP contribution in [0.15, 0.2) is 47.3 Å². The molecule has 3 N–H and O–H groups in total. The third-order valence-corrected chi connectivity index (χ3v) is 3.56. The molecule has 0 saturated heterocycles. The number of carbonyl (C=O) groups excluding carboxylic acids is 2. The zero-order valence-corrected chi connectivity index (χ0v) is 13.9. The number of anilines is 2. The summed E-state index contributed by atoms with van der Waals surface area (Å²) in [5, 5.41) is 5.14. The number of amides is 2. The molecular weight excluding hydrogens is 334 g/mol. The van der Waals surface area contributed by atoms with E-state index in [1.54, 1.807) is 18.2 Å². The number of carbonyl (C=O) groups is 2. The van der Waals surface area contributed by atoms with Gasteiger partial charge in [-0.1, -0.05) is 6.07 Å². The molecule has 2 amide bonds. The zero-order valence-electron chi connectivity index (χ0n) is 13.1. The van der Waals surface area contributed by atoms with E-state index < -0.39 is 27.9 Å². The lowest BCUT2D eigenvalue weighted by atomic mass is 10.2. The van der Waals surface area contributed by atoms with Crippen molar-refractivity contribution in [3.8, 4) is 0 Å². The molecule has 2 rings (SSSR count). The van der Waals surface area contributed by atoms with Gasteiger partial charge in [-0.2, -0.15) is 0 Å². The summed E-state index contributed by atoms with van der Waals surface area (Å²) in [6, 6.07) is 6.93. The van der Waals surface area contributed by atoms with Gasteiger partial charge < -0.3 is 15.1 Å². The Balaban J connectivity index is 1.98. The number of benzene rings is 1. The Kier molecular flexibility index (Phi) is 5.24. The summed E-state index contributed by atoms with van der Waals surface area (Å²) in [4.78, 5) is 24.0. The van der Waals surface area contributed by atoms with E-state index in [0.29, 0.717) is 16.9 Å². The van der Waals surface area contributed by atoms with Crippen LogP contribution in [0.5, 0.6) is 0 Å². The fourth-order valence-electron chi connectivity index (χ4n) is 1.86. The van der Waals surface area contributed by atoms with E-state index in [4.69, 9.17) is 4.42 Å². The summed E-state index contributed by atoms with van der Waals surface area (Å²) < 4.78 is 29.6. The maximum absolute atomic E-state index is 12.1. The van der Waals surface area contributed by atoms with Crippen LogP contribution in [-0.4, -0.2) is 32.5 Å². The highest BCUT2D eigenvalue weighted by molar-refractivity contribution is 7.92. The molecule has 1 aromatic heterocycles. The molecule has 0 radical (unpaired) electrons. The third kappa shape index (κ3) is 5.13. The molecule has 8 nitrogen and oxygen atoms in total. The van der Waals surface area contributed by atoms with E-state index in [9.17, 15) is 18.0 Å². The fourth-order valence-corrected chi connectivity index (χ4v) is 2.42. The summed E-state index contributed by atoms with van der Waals surface area (Å²) >= 11 is 0. The maximum atomic E-state index is 12.1. The Bertz CT molecular complexity index is 831. The van der Waals surface area contributed by atoms with E-state index in [0.717, 1.165) is 6.26 Å². The summed E-state index contributed by atoms with van der Waals surface area (Å²) in [5.41, 5.74) is 1.04. The molecular formula is C15H17N3O5S. The lowest BCUT2D eigenvalue weighted by Gasteiger charge is -2.14. The van der Waals surface area contributed by atoms with Crippen LogP contribution in [0, 0.1) is 0 Å². The number of furan rings is 1. The molecule has 0 fully saturated rings. The number of hydrogen-bond donors (Lipinski definition) is 3. The first-order chi connectivity index (χ1) is 11.2. The quantitative estimate of drug-likeness (QED) is 0.727. The average molecular weight is 351 g/mol. The number of rotatable bonds is 6. The van der Waals surface area contributed by atoms with Crippen LogP contribution in [0.1, 0.15) is 17.3 Å². The minimum absolute atomic E-state index is 0.314. The van der Waals surface area contributed by atoms with E-state index in [1.807, 2.05) is 0 Å². The van der Waals surface area contributed by atoms with Crippen LogP contribution >= 0.6 is 0 Å². The minimum Gasteiger partial charge on any atom is -0.472 e. The highest BCUT2D eigenvalue weighted by Crippen LogP contribution is 2.16. The van der Waals surface area contributed by atoms with Crippen LogP contribution in [0.4, 0.5) is 11.4 Å². The smallest absolute Gasteiger partial charge is 0.255 e. The second-order valence-corrected chi connectivity index (χ2v) is 6.90. The lowest BCUT2D eigenvalue weighted by Crippen LogP contribution is -2.41. The SMILES string of the molecule is CC(NC(=O)c1ccoc1)C(=O)Nc1cccc(NS(C)(=O)=O)c1. The lowest BCUT2D eigenvalue weighted by molar-refractivity contribution is -0.117. The van der Waals surface area contributed by atoms with Crippen LogP contribution in [0.3, 0.4) is 0 Å². The molecule has 1 heterocycles. The van der Waals surface area contributed by atoms with Gasteiger partial charge in [0.05, 0.1) is 23.8 Å². The van der Waals surface area contributed by atoms with Crippen LogP contribution in [-0.2, 0) is 14.8 Å². The monoisotopic (exact) mass is 351 g/mol. The third-order valence-electron chi connectivity index (χ3n) is 2.96. The zero-order chi connectivity index (χ0) is 17.7. The topological polar surface area (TPSA) is 118 Å². The fraction of sp³-hybridized carbons (Fsp3) is 0.200. The molecule has 128 valence electrons. The average Bonchev–Trinajstić information content (AvgIpc) is 2.99. The number of sulfonamides is 1. The molecule has 0 aliphatic rings. The van der Waals surface area contributed by atoms with E-state index in [-0.39, 0.29) is 0 Å². The minimum atomic E-state index is -3.41. The molecule has 1 atom stereocenters. The van der Waals surface area contributed by atoms with Gasteiger partial charge in [0, 0.05) is 5.69 Å². The van der Waals surface area contributed by atoms with E-state index >= 15 is 0 Å². The number of hydrogen-bond acceptors (Lipinski definition) is 5. The molecule has 2 aromatic rings. The van der Waals surface area contributed by atoms with Gasteiger partial charge in [0.25, 0.3) is 5.91 Å². The Labute approximate surface area is 139 Å². The van der Waals surface area contributed by atoms with Crippen molar-refractivity contribution >= 4 is 33.2 Å². The summed E-state index contributed by atoms with van der Waals surface area (Å²) in [7, 11) is -3.41. The van der Waals surface area contributed by atoms with Crippen molar-refractivity contribution in [2.75, 3.05) is 16.3 Å². The molecule has 0 aliphatic heterocycles. The molecule has 0 spiro atoms. The predicted molar refractivity (Wildman–Crippen MR) is 89.2 cm³/mol. The summed E-state index contributed by atoms with van der Waals surface area (Å²) in [5.74, 6) is -0.873. The van der Waals surface area contributed by atoms with Crippen LogP contribution in [0.2, 0.25) is 0 Å². The Morgan fingerprint density at radius 3 is 2.50 bits per heavy atom. The van der Waals surface area contributed by atoms with E-state index in [2.05, 4.69) is 15.4 Å². The van der Waals surface area contributed by atoms with Crippen molar-refractivity contribution in [2.45, 2.75) is 13.0 Å². The second kappa shape index (κ2) is 7.18. The van der Waals surface area contributed by atoms with Crippen LogP contribution in [0.25, 0.3) is 0 Å². The van der Waals surface area contributed by atoms with Gasteiger partial charge >= 0.3 is 0 Å². The Morgan fingerprint density at radius 2 is 1.88 bits per heavy atom. The summed E-state index contributed by atoms with van der Waals surface area (Å²) in [6.07, 6.45) is 3.67. The normalized spacial score (nSPS) is 12.2. The van der Waals surface area contributed by atoms with Crippen LogP contribution < -0.4 is 15.4 Å². The van der Waals surface area contributed by atoms with Gasteiger partial charge in [0.1, 0.15) is 12.3 Å². The molecule has 24 heavy (non-hydrogen) atoms. The van der Waals surface area contributed by atoms with Gasteiger partial charge in [-0.15, -0.1) is 0 Å². The maximum Gasteiger partial charge on any atom is 0.255 e. The molecule has 0 aliphatic carbocycles. The number of nitrogens with one attached hydrogen (secondary N) is 3. The predicted octanol–water partition coefficient (Wildman–Crippen LogP) is 1.41. The standard InChI is InChI=1S/C15H17N3O5S/c1-10(16-15(20)11-6-7-23-9-11)14(19)17-12-4-3-5-13(8-12)18-24(2,21)22/h3-10,18H,1-2H3,(H,16,20)(H,17,19). The van der Waals surface area contributed by atoms with E-state index in [1.165, 1.54) is 31.6 Å². The largest absolute Gasteiger partial charge is 0.472 e. The van der Waals surface area contributed by atoms with Gasteiger partial charge in [0.2, 0.25) is 15.9 Å². The first-order valence-corrected chi connectivity index (χ1v) is 8.85. The highest BCUT2D eigenvalue weighted by Gasteiger charge is 2.17. The first kappa shape index (κ1) is 17.5. The van der Waals surface area contributed by atoms with Crippen molar-refractivity contribution in [1.82, 2.24) is 5.32 Å². The first-order valence-electron chi connectivity index (χ1n) is 6.96. The molecule has 0 saturated carbocycles. The molecule has 1 aromatic carbocycles. The van der Waals surface area contributed by atoms with Gasteiger partial charge in [-0.05, 0) is 31.2 Å². The van der Waals surface area contributed by atoms with Gasteiger partial charge in [0.15, 0.2) is 0 Å². The molecule has 9 heteroatoms. The van der Waals surface area contributed by atoms with Crippen molar-refractivity contribution in [1.29, 1.82) is 0 Å². The van der Waals surface area contributed by atoms with Gasteiger partial charge in [-0.25, -0.2) is 8.42 Å². The van der Waals surface area contributed by atoms with Crippen molar-refractivity contribution in [2.24, 2.45) is 0 Å². The Hall–Kier alpha value is -2.81. The second-order valence-electron chi connectivity index (χ2n) is 5.15. The Morgan fingerprint density at radius 1 is 1.17 bits per heavy atom. The van der Waals surface area contributed by atoms with Crippen molar-refractivity contribution in [3.63, 3.8) is 0 Å². The van der Waals surface area contributed by atoms with Crippen molar-refractivity contribution < 1.29 is 22.4 Å². The van der Waals surface area contributed by atoms with Gasteiger partial charge in [-0.3, -0.25) is 14.3 Å². The molecule has 0 bridgehead atoms. The highest BCUT2D eigenvalue weighted by atomic mass is 32.2.